The van der Waals surface area contributed by atoms with Crippen LogP contribution in [-0.4, -0.2) is 60.8 Å². The van der Waals surface area contributed by atoms with Crippen LogP contribution in [0.5, 0.6) is 5.75 Å². The van der Waals surface area contributed by atoms with Crippen LogP contribution >= 0.6 is 0 Å². The van der Waals surface area contributed by atoms with E-state index in [1.807, 2.05) is 12.1 Å². The summed E-state index contributed by atoms with van der Waals surface area (Å²) in [6, 6.07) is 3.91. The Balaban J connectivity index is 0.000000362. The molecule has 0 bridgehead atoms. The Morgan fingerprint density at radius 1 is 1.19 bits per heavy atom. The highest BCUT2D eigenvalue weighted by atomic mass is 32.2. The molecule has 1 saturated heterocycles. The number of rotatable bonds is 8. The van der Waals surface area contributed by atoms with E-state index >= 15 is 0 Å². The number of benzene rings is 1. The molecular weight excluding hydrogens is 565 g/mol. The van der Waals surface area contributed by atoms with E-state index in [9.17, 15) is 17.4 Å². The molecule has 1 aromatic carbocycles. The lowest BCUT2D eigenvalue weighted by Gasteiger charge is -2.31. The van der Waals surface area contributed by atoms with E-state index in [2.05, 4.69) is 51.0 Å². The molecule has 2 heterocycles. The fourth-order valence-electron chi connectivity index (χ4n) is 5.15. The minimum absolute atomic E-state index is 0.0979. The van der Waals surface area contributed by atoms with Gasteiger partial charge in [0.25, 0.3) is 0 Å². The lowest BCUT2D eigenvalue weighted by molar-refractivity contribution is -0.138. The van der Waals surface area contributed by atoms with Gasteiger partial charge in [0.1, 0.15) is 5.75 Å². The second-order valence-electron chi connectivity index (χ2n) is 10.7. The number of hydrogen-bond donors (Lipinski definition) is 3. The third-order valence-electron chi connectivity index (χ3n) is 7.91. The van der Waals surface area contributed by atoms with Gasteiger partial charge in [-0.05, 0) is 43.9 Å². The normalized spacial score (nSPS) is 17.0. The third-order valence-corrected chi connectivity index (χ3v) is 8.48. The zero-order valence-electron chi connectivity index (χ0n) is 26.2. The summed E-state index contributed by atoms with van der Waals surface area (Å²) in [6.45, 7) is 11.7. The highest BCUT2D eigenvalue weighted by Gasteiger charge is 2.33. The fraction of sp³-hybridized carbons (Fsp3) is 0.667. The van der Waals surface area contributed by atoms with Crippen LogP contribution < -0.4 is 25.0 Å². The average Bonchev–Trinajstić information content (AvgIpc) is 3.52. The van der Waals surface area contributed by atoms with Gasteiger partial charge in [-0.3, -0.25) is 0 Å². The Kier molecular flexibility index (Phi) is 15.0. The Morgan fingerprint density at radius 2 is 1.81 bits per heavy atom. The highest BCUT2D eigenvalue weighted by Crippen LogP contribution is 2.36. The molecule has 2 atom stereocenters. The molecule has 0 radical (unpaired) electrons. The number of nitrogens with one attached hydrogen (secondary N) is 3. The molecular formula is C30H49F3N6O2S. The van der Waals surface area contributed by atoms with Gasteiger partial charge < -0.3 is 20.3 Å². The Labute approximate surface area is 252 Å². The zero-order chi connectivity index (χ0) is 31.3. The first-order valence-electron chi connectivity index (χ1n) is 14.8. The SMILES string of the molecule is CCC(C)C1CCCC1.CCc1cc(Nc2ncc(C(F)(F)F)c(C)n2)c(OC)cc1N1CCNCC1.CNS(C)=O. The number of anilines is 3. The van der Waals surface area contributed by atoms with Crippen LogP contribution in [0.15, 0.2) is 18.3 Å². The summed E-state index contributed by atoms with van der Waals surface area (Å²) >= 11 is 0. The second-order valence-corrected chi connectivity index (χ2v) is 12.0. The van der Waals surface area contributed by atoms with E-state index in [0.29, 0.717) is 11.4 Å². The molecule has 2 aliphatic rings. The molecule has 8 nitrogen and oxygen atoms in total. The van der Waals surface area contributed by atoms with Crippen molar-refractivity contribution in [3.63, 3.8) is 0 Å². The fourth-order valence-corrected chi connectivity index (χ4v) is 5.15. The quantitative estimate of drug-likeness (QED) is 0.324. The molecule has 238 valence electrons. The summed E-state index contributed by atoms with van der Waals surface area (Å²) in [7, 11) is 2.39. The smallest absolute Gasteiger partial charge is 0.419 e. The number of aryl methyl sites for hydroxylation is 2. The molecule has 3 N–H and O–H groups in total. The van der Waals surface area contributed by atoms with E-state index < -0.39 is 22.7 Å². The van der Waals surface area contributed by atoms with E-state index in [1.165, 1.54) is 39.0 Å². The van der Waals surface area contributed by atoms with Gasteiger partial charge in [-0.25, -0.2) is 18.9 Å². The molecule has 2 aromatic rings. The Hall–Kier alpha value is -2.44. The van der Waals surface area contributed by atoms with Gasteiger partial charge >= 0.3 is 6.18 Å². The largest absolute Gasteiger partial charge is 0.494 e. The summed E-state index contributed by atoms with van der Waals surface area (Å²) in [5, 5.41) is 6.34. The molecule has 42 heavy (non-hydrogen) atoms. The summed E-state index contributed by atoms with van der Waals surface area (Å²) in [6.07, 6.45) is 6.11. The topological polar surface area (TPSA) is 91.4 Å². The molecule has 0 spiro atoms. The molecule has 2 unspecified atom stereocenters. The number of alkyl halides is 3. The number of hydrogen-bond acceptors (Lipinski definition) is 7. The second kappa shape index (κ2) is 17.6. The maximum atomic E-state index is 12.9. The number of ether oxygens (including phenoxy) is 1. The number of nitrogens with zero attached hydrogens (tertiary/aromatic N) is 3. The van der Waals surface area contributed by atoms with Crippen LogP contribution in [0, 0.1) is 18.8 Å². The maximum Gasteiger partial charge on any atom is 0.419 e. The predicted molar refractivity (Wildman–Crippen MR) is 167 cm³/mol. The van der Waals surface area contributed by atoms with Crippen LogP contribution in [0.25, 0.3) is 0 Å². The lowest BCUT2D eigenvalue weighted by atomic mass is 9.91. The number of methoxy groups -OCH3 is 1. The number of piperazine rings is 1. The minimum Gasteiger partial charge on any atom is -0.494 e. The third kappa shape index (κ3) is 11.0. The standard InChI is InChI=1S/C19H24F3N5O.C9H18.C2H7NOS/c1-4-13-9-15(17(28-3)10-16(13)27-7-5-23-6-8-27)26-18-24-11-14(12(2)25-18)19(20,21)22;1-3-8(2)9-6-4-5-7-9;1-3-5(2)4/h9-11,23H,4-8H2,1-3H3,(H,24,25,26);8-9H,3-7H2,1-2H3;3H,1-2H3. The minimum atomic E-state index is -4.47. The zero-order valence-corrected chi connectivity index (χ0v) is 27.0. The summed E-state index contributed by atoms with van der Waals surface area (Å²) in [5.74, 6) is 2.76. The highest BCUT2D eigenvalue weighted by molar-refractivity contribution is 7.82. The summed E-state index contributed by atoms with van der Waals surface area (Å²) < 4.78 is 56.6. The number of aromatic nitrogens is 2. The van der Waals surface area contributed by atoms with Crippen LogP contribution in [-0.2, 0) is 23.6 Å². The molecule has 1 aromatic heterocycles. The Morgan fingerprint density at radius 3 is 2.29 bits per heavy atom. The van der Waals surface area contributed by atoms with Crippen molar-refractivity contribution in [1.29, 1.82) is 0 Å². The van der Waals surface area contributed by atoms with Gasteiger partial charge in [0.2, 0.25) is 5.95 Å². The van der Waals surface area contributed by atoms with E-state index in [1.54, 1.807) is 20.4 Å². The van der Waals surface area contributed by atoms with Gasteiger partial charge in [-0.1, -0.05) is 52.9 Å². The van der Waals surface area contributed by atoms with Crippen LogP contribution in [0.4, 0.5) is 30.5 Å². The predicted octanol–water partition coefficient (Wildman–Crippen LogP) is 6.25. The molecule has 12 heteroatoms. The molecule has 0 amide bonds. The first-order chi connectivity index (χ1) is 19.9. The van der Waals surface area contributed by atoms with Gasteiger partial charge in [0.05, 0.1) is 35.0 Å². The van der Waals surface area contributed by atoms with Gasteiger partial charge in [-0.15, -0.1) is 0 Å². The van der Waals surface area contributed by atoms with Crippen molar-refractivity contribution in [2.45, 2.75) is 72.4 Å². The van der Waals surface area contributed by atoms with Gasteiger partial charge in [0.15, 0.2) is 0 Å². The van der Waals surface area contributed by atoms with Crippen molar-refractivity contribution < 1.29 is 22.1 Å². The van der Waals surface area contributed by atoms with Crippen molar-refractivity contribution >= 4 is 28.3 Å². The van der Waals surface area contributed by atoms with Crippen LogP contribution in [0.3, 0.4) is 0 Å². The van der Waals surface area contributed by atoms with Crippen molar-refractivity contribution in [2.24, 2.45) is 11.8 Å². The molecule has 1 aliphatic heterocycles. The molecule has 1 saturated carbocycles. The van der Waals surface area contributed by atoms with Crippen molar-refractivity contribution in [1.82, 2.24) is 20.0 Å². The molecule has 2 fully saturated rings. The maximum absolute atomic E-state index is 12.9. The van der Waals surface area contributed by atoms with E-state index in [0.717, 1.165) is 61.9 Å². The van der Waals surface area contributed by atoms with Crippen molar-refractivity contribution in [3.05, 3.63) is 35.2 Å². The van der Waals surface area contributed by atoms with Gasteiger partial charge in [0, 0.05) is 50.4 Å². The monoisotopic (exact) mass is 614 g/mol. The van der Waals surface area contributed by atoms with Crippen LogP contribution in [0.1, 0.15) is 69.7 Å². The first kappa shape index (κ1) is 35.8. The Bertz CT molecular complexity index is 1120. The summed E-state index contributed by atoms with van der Waals surface area (Å²) in [4.78, 5) is 10.1. The lowest BCUT2D eigenvalue weighted by Crippen LogP contribution is -2.43. The van der Waals surface area contributed by atoms with E-state index in [-0.39, 0.29) is 11.6 Å². The average molecular weight is 615 g/mol. The first-order valence-corrected chi connectivity index (χ1v) is 16.4. The molecule has 4 rings (SSSR count). The van der Waals surface area contributed by atoms with Crippen LogP contribution in [0.2, 0.25) is 0 Å². The van der Waals surface area contributed by atoms with E-state index in [4.69, 9.17) is 4.74 Å². The molecule has 1 aliphatic carbocycles. The number of halogens is 3. The van der Waals surface area contributed by atoms with Gasteiger partial charge in [-0.2, -0.15) is 13.2 Å². The van der Waals surface area contributed by atoms with Crippen molar-refractivity contribution in [2.75, 3.05) is 56.8 Å². The summed E-state index contributed by atoms with van der Waals surface area (Å²) in [5.41, 5.74) is 1.88. The van der Waals surface area contributed by atoms with Crippen molar-refractivity contribution in [3.8, 4) is 5.75 Å².